The minimum Gasteiger partial charge on any atom is -0.304 e. The van der Waals surface area contributed by atoms with E-state index in [4.69, 9.17) is 11.6 Å². The molecule has 2 nitrogen and oxygen atoms in total. The molecule has 1 atom stereocenters. The summed E-state index contributed by atoms with van der Waals surface area (Å²) >= 11 is 8.04. The zero-order valence-electron chi connectivity index (χ0n) is 6.30. The van der Waals surface area contributed by atoms with Crippen molar-refractivity contribution in [1.82, 2.24) is 0 Å². The van der Waals surface area contributed by atoms with E-state index in [1.807, 2.05) is 18.2 Å². The molecule has 0 bridgehead atoms. The first kappa shape index (κ1) is 10.3. The Hall–Kier alpha value is 0.190. The molecule has 0 spiro atoms. The van der Waals surface area contributed by atoms with E-state index in [9.17, 15) is 4.21 Å². The molecule has 1 aromatic rings. The standard InChI is InChI=1S/C7H7ClINOS/c1-12(11)10-7-3-2-5(9)4-6(7)8/h2-4,10H,1H3. The highest BCUT2D eigenvalue weighted by atomic mass is 127. The van der Waals surface area contributed by atoms with E-state index in [2.05, 4.69) is 27.3 Å². The molecule has 0 aliphatic rings. The molecule has 0 saturated heterocycles. The van der Waals surface area contributed by atoms with Crippen LogP contribution in [0.2, 0.25) is 5.02 Å². The number of hydrogen-bond donors (Lipinski definition) is 1. The Morgan fingerprint density at radius 1 is 1.58 bits per heavy atom. The van der Waals surface area contributed by atoms with Gasteiger partial charge in [0, 0.05) is 9.83 Å². The zero-order chi connectivity index (χ0) is 9.14. The second-order valence-electron chi connectivity index (χ2n) is 2.18. The lowest BCUT2D eigenvalue weighted by Gasteiger charge is -2.04. The van der Waals surface area contributed by atoms with Crippen LogP contribution in [0.3, 0.4) is 0 Å². The summed E-state index contributed by atoms with van der Waals surface area (Å²) in [6.45, 7) is 0. The molecule has 1 rings (SSSR count). The fourth-order valence-corrected chi connectivity index (χ4v) is 2.17. The monoisotopic (exact) mass is 315 g/mol. The molecule has 0 fully saturated rings. The van der Waals surface area contributed by atoms with Crippen LogP contribution >= 0.6 is 34.2 Å². The molecule has 5 heteroatoms. The van der Waals surface area contributed by atoms with Crippen LogP contribution in [0, 0.1) is 3.57 Å². The van der Waals surface area contributed by atoms with Crippen molar-refractivity contribution in [2.45, 2.75) is 0 Å². The molecule has 0 heterocycles. The summed E-state index contributed by atoms with van der Waals surface area (Å²) in [4.78, 5) is 0. The fourth-order valence-electron chi connectivity index (χ4n) is 0.727. The normalized spacial score (nSPS) is 12.6. The average molecular weight is 316 g/mol. The minimum absolute atomic E-state index is 0.595. The summed E-state index contributed by atoms with van der Waals surface area (Å²) in [7, 11) is -1.07. The smallest absolute Gasteiger partial charge is 0.113 e. The number of anilines is 1. The van der Waals surface area contributed by atoms with Gasteiger partial charge in [-0.15, -0.1) is 0 Å². The van der Waals surface area contributed by atoms with Crippen LogP contribution in [-0.4, -0.2) is 10.5 Å². The van der Waals surface area contributed by atoms with Crippen molar-refractivity contribution in [3.8, 4) is 0 Å². The van der Waals surface area contributed by atoms with Gasteiger partial charge in [-0.3, -0.25) is 0 Å². The highest BCUT2D eigenvalue weighted by molar-refractivity contribution is 14.1. The molecule has 0 aromatic heterocycles. The van der Waals surface area contributed by atoms with E-state index < -0.39 is 11.0 Å². The van der Waals surface area contributed by atoms with Crippen molar-refractivity contribution < 1.29 is 4.21 Å². The summed E-state index contributed by atoms with van der Waals surface area (Å²) in [6.07, 6.45) is 1.56. The molecule has 0 saturated carbocycles. The Bertz CT molecular complexity index is 318. The van der Waals surface area contributed by atoms with Crippen LogP contribution in [0.15, 0.2) is 18.2 Å². The van der Waals surface area contributed by atoms with Crippen LogP contribution in [0.25, 0.3) is 0 Å². The predicted octanol–water partition coefficient (Wildman–Crippen LogP) is 2.65. The maximum atomic E-state index is 10.8. The number of benzene rings is 1. The van der Waals surface area contributed by atoms with Gasteiger partial charge in [0.05, 0.1) is 10.7 Å². The van der Waals surface area contributed by atoms with E-state index in [-0.39, 0.29) is 0 Å². The first-order chi connectivity index (χ1) is 5.59. The lowest BCUT2D eigenvalue weighted by molar-refractivity contribution is 0.690. The van der Waals surface area contributed by atoms with Gasteiger partial charge in [-0.2, -0.15) is 0 Å². The third-order valence-electron chi connectivity index (χ3n) is 1.18. The average Bonchev–Trinajstić information content (AvgIpc) is 1.94. The topological polar surface area (TPSA) is 29.1 Å². The SMILES string of the molecule is CS(=O)Nc1ccc(I)cc1Cl. The molecule has 12 heavy (non-hydrogen) atoms. The highest BCUT2D eigenvalue weighted by Crippen LogP contribution is 2.23. The number of rotatable bonds is 2. The van der Waals surface area contributed by atoms with E-state index in [1.165, 1.54) is 0 Å². The van der Waals surface area contributed by atoms with Crippen LogP contribution in [-0.2, 0) is 11.0 Å². The summed E-state index contributed by atoms with van der Waals surface area (Å²) in [5.74, 6) is 0. The molecule has 0 aliphatic heterocycles. The van der Waals surface area contributed by atoms with E-state index >= 15 is 0 Å². The van der Waals surface area contributed by atoms with E-state index in [1.54, 1.807) is 6.26 Å². The summed E-state index contributed by atoms with van der Waals surface area (Å²) in [5.41, 5.74) is 0.706. The van der Waals surface area contributed by atoms with Crippen molar-refractivity contribution in [1.29, 1.82) is 0 Å². The van der Waals surface area contributed by atoms with E-state index in [0.29, 0.717) is 10.7 Å². The second-order valence-corrected chi connectivity index (χ2v) is 4.95. The lowest BCUT2D eigenvalue weighted by Crippen LogP contribution is -2.01. The van der Waals surface area contributed by atoms with Gasteiger partial charge < -0.3 is 4.72 Å². The predicted molar refractivity (Wildman–Crippen MR) is 61.9 cm³/mol. The Labute approximate surface area is 92.4 Å². The number of halogens is 2. The van der Waals surface area contributed by atoms with Gasteiger partial charge in [0.1, 0.15) is 11.0 Å². The van der Waals surface area contributed by atoms with Crippen LogP contribution in [0.5, 0.6) is 0 Å². The fraction of sp³-hybridized carbons (Fsp3) is 0.143. The first-order valence-corrected chi connectivity index (χ1v) is 6.16. The molecular formula is C7H7ClINOS. The van der Waals surface area contributed by atoms with Gasteiger partial charge in [-0.05, 0) is 40.8 Å². The molecule has 0 aliphatic carbocycles. The van der Waals surface area contributed by atoms with Gasteiger partial charge in [0.2, 0.25) is 0 Å². The van der Waals surface area contributed by atoms with Crippen LogP contribution in [0.1, 0.15) is 0 Å². The largest absolute Gasteiger partial charge is 0.304 e. The van der Waals surface area contributed by atoms with Gasteiger partial charge >= 0.3 is 0 Å². The van der Waals surface area contributed by atoms with Crippen LogP contribution in [0.4, 0.5) is 5.69 Å². The third-order valence-corrected chi connectivity index (χ3v) is 2.68. The molecule has 0 amide bonds. The number of hydrogen-bond acceptors (Lipinski definition) is 1. The Morgan fingerprint density at radius 2 is 2.25 bits per heavy atom. The Morgan fingerprint density at radius 3 is 2.75 bits per heavy atom. The Kier molecular flexibility index (Phi) is 3.79. The molecular weight excluding hydrogens is 309 g/mol. The second kappa shape index (κ2) is 4.43. The first-order valence-electron chi connectivity index (χ1n) is 3.15. The van der Waals surface area contributed by atoms with Crippen LogP contribution < -0.4 is 4.72 Å². The van der Waals surface area contributed by atoms with Crippen molar-refractivity contribution in [3.05, 3.63) is 26.8 Å². The lowest BCUT2D eigenvalue weighted by atomic mass is 10.3. The van der Waals surface area contributed by atoms with Gasteiger partial charge in [0.15, 0.2) is 0 Å². The summed E-state index contributed by atoms with van der Waals surface area (Å²) in [6, 6.07) is 5.53. The maximum Gasteiger partial charge on any atom is 0.113 e. The molecule has 66 valence electrons. The van der Waals surface area contributed by atoms with E-state index in [0.717, 1.165) is 3.57 Å². The molecule has 0 radical (unpaired) electrons. The van der Waals surface area contributed by atoms with Crippen molar-refractivity contribution >= 4 is 50.9 Å². The quantitative estimate of drug-likeness (QED) is 0.835. The highest BCUT2D eigenvalue weighted by Gasteiger charge is 2.00. The van der Waals surface area contributed by atoms with Gasteiger partial charge in [0.25, 0.3) is 0 Å². The number of nitrogens with one attached hydrogen (secondary N) is 1. The van der Waals surface area contributed by atoms with Crippen molar-refractivity contribution in [3.63, 3.8) is 0 Å². The molecule has 1 unspecified atom stereocenters. The summed E-state index contributed by atoms with van der Waals surface area (Å²) < 4.78 is 14.6. The van der Waals surface area contributed by atoms with Gasteiger partial charge in [-0.1, -0.05) is 11.6 Å². The Balaban J connectivity index is 2.93. The van der Waals surface area contributed by atoms with Crippen molar-refractivity contribution in [2.24, 2.45) is 0 Å². The minimum atomic E-state index is -1.07. The maximum absolute atomic E-state index is 10.8. The zero-order valence-corrected chi connectivity index (χ0v) is 10.0. The van der Waals surface area contributed by atoms with Crippen molar-refractivity contribution in [2.75, 3.05) is 11.0 Å². The molecule has 1 aromatic carbocycles. The summed E-state index contributed by atoms with van der Waals surface area (Å²) in [5, 5.41) is 0.595. The van der Waals surface area contributed by atoms with Gasteiger partial charge in [-0.25, -0.2) is 4.21 Å². The molecule has 1 N–H and O–H groups in total. The third kappa shape index (κ3) is 2.91.